The van der Waals surface area contributed by atoms with Gasteiger partial charge in [0.25, 0.3) is 0 Å². The normalized spacial score (nSPS) is 20.7. The second kappa shape index (κ2) is 7.99. The van der Waals surface area contributed by atoms with E-state index in [2.05, 4.69) is 10.0 Å². The van der Waals surface area contributed by atoms with Gasteiger partial charge >= 0.3 is 0 Å². The van der Waals surface area contributed by atoms with Crippen molar-refractivity contribution in [2.45, 2.75) is 26.2 Å². The minimum Gasteiger partial charge on any atom is -0.330 e. The number of hydrogen-bond acceptors (Lipinski definition) is 4. The first-order chi connectivity index (χ1) is 10.3. The minimum atomic E-state index is -3.35. The van der Waals surface area contributed by atoms with E-state index in [1.165, 1.54) is 0 Å². The molecule has 23 heavy (non-hydrogen) atoms. The van der Waals surface area contributed by atoms with Crippen molar-refractivity contribution < 1.29 is 13.2 Å². The molecule has 4 N–H and O–H groups in total. The minimum absolute atomic E-state index is 0. The molecule has 0 saturated heterocycles. The predicted octanol–water partition coefficient (Wildman–Crippen LogP) is 2.10. The second-order valence-electron chi connectivity index (χ2n) is 5.93. The lowest BCUT2D eigenvalue weighted by atomic mass is 9.95. The summed E-state index contributed by atoms with van der Waals surface area (Å²) in [5, 5.41) is 2.87. The van der Waals surface area contributed by atoms with Crippen LogP contribution in [0.3, 0.4) is 0 Å². The Bertz CT molecular complexity index is 664. The van der Waals surface area contributed by atoms with Gasteiger partial charge in [0, 0.05) is 11.6 Å². The van der Waals surface area contributed by atoms with Crippen LogP contribution in [-0.2, 0) is 14.8 Å². The van der Waals surface area contributed by atoms with Crippen molar-refractivity contribution in [1.29, 1.82) is 0 Å². The Kier molecular flexibility index (Phi) is 6.85. The van der Waals surface area contributed by atoms with Gasteiger partial charge in [-0.2, -0.15) is 0 Å². The quantitative estimate of drug-likeness (QED) is 0.747. The smallest absolute Gasteiger partial charge is 0.229 e. The number of carbonyl (C=O) groups excluding carboxylic acids is 1. The van der Waals surface area contributed by atoms with Crippen LogP contribution < -0.4 is 15.8 Å². The number of rotatable bonds is 5. The molecular weight excluding hydrogens is 338 g/mol. The van der Waals surface area contributed by atoms with Crippen LogP contribution in [0.15, 0.2) is 18.2 Å². The summed E-state index contributed by atoms with van der Waals surface area (Å²) in [5.74, 6) is 0.138. The zero-order valence-electron chi connectivity index (χ0n) is 13.3. The largest absolute Gasteiger partial charge is 0.330 e. The van der Waals surface area contributed by atoms with Crippen molar-refractivity contribution in [1.82, 2.24) is 0 Å². The Morgan fingerprint density at radius 2 is 2.04 bits per heavy atom. The highest BCUT2D eigenvalue weighted by Gasteiger charge is 2.31. The van der Waals surface area contributed by atoms with Crippen molar-refractivity contribution in [3.8, 4) is 0 Å². The van der Waals surface area contributed by atoms with Gasteiger partial charge in [0.05, 0.1) is 11.9 Å². The molecule has 1 saturated carbocycles. The topological polar surface area (TPSA) is 101 Å². The maximum atomic E-state index is 12.4. The molecule has 8 heteroatoms. The first kappa shape index (κ1) is 19.7. The molecule has 1 aliphatic rings. The van der Waals surface area contributed by atoms with E-state index in [1.54, 1.807) is 25.1 Å². The molecule has 1 aromatic rings. The molecule has 0 aliphatic heterocycles. The van der Waals surface area contributed by atoms with Crippen LogP contribution in [0.1, 0.15) is 24.8 Å². The lowest BCUT2D eigenvalue weighted by Crippen LogP contribution is -2.29. The van der Waals surface area contributed by atoms with Crippen LogP contribution >= 0.6 is 12.4 Å². The molecule has 0 bridgehead atoms. The highest BCUT2D eigenvalue weighted by molar-refractivity contribution is 7.92. The summed E-state index contributed by atoms with van der Waals surface area (Å²) < 4.78 is 25.2. The Balaban J connectivity index is 0.00000264. The summed E-state index contributed by atoms with van der Waals surface area (Å²) in [6.45, 7) is 2.33. The number of amides is 1. The number of nitrogens with one attached hydrogen (secondary N) is 2. The fourth-order valence-corrected chi connectivity index (χ4v) is 3.53. The second-order valence-corrected chi connectivity index (χ2v) is 7.67. The van der Waals surface area contributed by atoms with Crippen molar-refractivity contribution in [3.05, 3.63) is 23.8 Å². The summed E-state index contributed by atoms with van der Waals surface area (Å²) in [7, 11) is -3.35. The van der Waals surface area contributed by atoms with Crippen LogP contribution in [0.2, 0.25) is 0 Å². The molecule has 1 aliphatic carbocycles. The van der Waals surface area contributed by atoms with Crippen LogP contribution in [0.25, 0.3) is 0 Å². The van der Waals surface area contributed by atoms with E-state index in [4.69, 9.17) is 5.73 Å². The number of benzene rings is 1. The van der Waals surface area contributed by atoms with Crippen LogP contribution in [0, 0.1) is 18.8 Å². The van der Waals surface area contributed by atoms with Gasteiger partial charge in [-0.05, 0) is 49.9 Å². The predicted molar refractivity (Wildman–Crippen MR) is 95.4 cm³/mol. The molecule has 130 valence electrons. The van der Waals surface area contributed by atoms with Crippen LogP contribution in [-0.4, -0.2) is 27.1 Å². The first-order valence-electron chi connectivity index (χ1n) is 7.39. The number of hydrogen-bond donors (Lipinski definition) is 3. The summed E-state index contributed by atoms with van der Waals surface area (Å²) in [6, 6.07) is 5.19. The van der Waals surface area contributed by atoms with Gasteiger partial charge in [-0.3, -0.25) is 9.52 Å². The maximum Gasteiger partial charge on any atom is 0.229 e. The molecule has 0 unspecified atom stereocenters. The number of nitrogens with two attached hydrogens (primary N) is 1. The van der Waals surface area contributed by atoms with Gasteiger partial charge < -0.3 is 11.1 Å². The zero-order valence-corrected chi connectivity index (χ0v) is 15.0. The lowest BCUT2D eigenvalue weighted by Gasteiger charge is -2.18. The standard InChI is InChI=1S/C15H23N3O3S.ClH/c1-10-6-7-12(8-14(10)18-22(2,20)21)17-15(19)13-5-3-4-11(13)9-16;/h6-8,11,13,18H,3-5,9,16H2,1-2H3,(H,17,19);1H/t11-,13-;/m1./s1. The van der Waals surface area contributed by atoms with E-state index in [0.29, 0.717) is 17.9 Å². The van der Waals surface area contributed by atoms with E-state index < -0.39 is 10.0 Å². The molecule has 2 atom stereocenters. The number of sulfonamides is 1. The Morgan fingerprint density at radius 3 is 2.65 bits per heavy atom. The third kappa shape index (κ3) is 5.37. The fourth-order valence-electron chi connectivity index (χ4n) is 2.91. The van der Waals surface area contributed by atoms with Crippen molar-refractivity contribution >= 4 is 39.7 Å². The maximum absolute atomic E-state index is 12.4. The molecule has 1 amide bonds. The highest BCUT2D eigenvalue weighted by atomic mass is 35.5. The summed E-state index contributed by atoms with van der Waals surface area (Å²) in [4.78, 5) is 12.4. The van der Waals surface area contributed by atoms with Gasteiger partial charge in [-0.15, -0.1) is 12.4 Å². The van der Waals surface area contributed by atoms with Crippen LogP contribution in [0.4, 0.5) is 11.4 Å². The average molecular weight is 362 g/mol. The SMILES string of the molecule is Cc1ccc(NC(=O)[C@@H]2CCC[C@@H]2CN)cc1NS(C)(=O)=O.Cl. The third-order valence-corrected chi connectivity index (χ3v) is 4.69. The van der Waals surface area contributed by atoms with Gasteiger partial charge in [0.1, 0.15) is 0 Å². The van der Waals surface area contributed by atoms with E-state index in [1.807, 2.05) is 0 Å². The monoisotopic (exact) mass is 361 g/mol. The number of carbonyl (C=O) groups is 1. The van der Waals surface area contributed by atoms with Crippen molar-refractivity contribution in [2.75, 3.05) is 22.8 Å². The van der Waals surface area contributed by atoms with Crippen molar-refractivity contribution in [2.24, 2.45) is 17.6 Å². The van der Waals surface area contributed by atoms with Gasteiger partial charge in [-0.1, -0.05) is 12.5 Å². The Morgan fingerprint density at radius 1 is 1.35 bits per heavy atom. The molecule has 1 fully saturated rings. The molecule has 0 radical (unpaired) electrons. The summed E-state index contributed by atoms with van der Waals surface area (Å²) in [5.41, 5.74) is 7.57. The Hall–Kier alpha value is -1.31. The zero-order chi connectivity index (χ0) is 16.3. The highest BCUT2D eigenvalue weighted by Crippen LogP contribution is 2.32. The number of anilines is 2. The molecule has 0 aromatic heterocycles. The summed E-state index contributed by atoms with van der Waals surface area (Å²) in [6.07, 6.45) is 3.97. The van der Waals surface area contributed by atoms with E-state index >= 15 is 0 Å². The molecule has 0 heterocycles. The van der Waals surface area contributed by atoms with Gasteiger partial charge in [0.2, 0.25) is 15.9 Å². The lowest BCUT2D eigenvalue weighted by molar-refractivity contribution is -0.120. The van der Waals surface area contributed by atoms with E-state index in [9.17, 15) is 13.2 Å². The van der Waals surface area contributed by atoms with E-state index in [-0.39, 0.29) is 30.2 Å². The van der Waals surface area contributed by atoms with E-state index in [0.717, 1.165) is 31.1 Å². The fraction of sp³-hybridized carbons (Fsp3) is 0.533. The third-order valence-electron chi connectivity index (χ3n) is 4.10. The molecule has 0 spiro atoms. The molecule has 2 rings (SSSR count). The van der Waals surface area contributed by atoms with Crippen LogP contribution in [0.5, 0.6) is 0 Å². The first-order valence-corrected chi connectivity index (χ1v) is 9.28. The number of halogens is 1. The van der Waals surface area contributed by atoms with Crippen molar-refractivity contribution in [3.63, 3.8) is 0 Å². The Labute approximate surface area is 143 Å². The number of aryl methyl sites for hydroxylation is 1. The summed E-state index contributed by atoms with van der Waals surface area (Å²) >= 11 is 0. The van der Waals surface area contributed by atoms with Gasteiger partial charge in [-0.25, -0.2) is 8.42 Å². The van der Waals surface area contributed by atoms with Gasteiger partial charge in [0.15, 0.2) is 0 Å². The average Bonchev–Trinajstić information content (AvgIpc) is 2.89. The molecule has 1 aromatic carbocycles. The molecule has 6 nitrogen and oxygen atoms in total. The molecular formula is C15H24ClN3O3S.